The molecule has 1 rings (SSSR count). The Morgan fingerprint density at radius 3 is 2.07 bits per heavy atom. The molecule has 0 aliphatic heterocycles. The average Bonchev–Trinajstić information content (AvgIpc) is 2.02. The lowest BCUT2D eigenvalue weighted by Gasteiger charge is -2.02. The first-order chi connectivity index (χ1) is 6.38. The summed E-state index contributed by atoms with van der Waals surface area (Å²) in [6.07, 6.45) is 0. The van der Waals surface area contributed by atoms with Crippen LogP contribution in [0.1, 0.15) is 0 Å². The number of non-ortho nitro benzene ring substituents is 1. The predicted octanol–water partition coefficient (Wildman–Crippen LogP) is 0.628. The van der Waals surface area contributed by atoms with Crippen LogP contribution < -0.4 is 4.52 Å². The molecule has 76 valence electrons. The van der Waals surface area contributed by atoms with E-state index in [0.29, 0.717) is 0 Å². The van der Waals surface area contributed by atoms with Gasteiger partial charge < -0.3 is 0 Å². The number of benzene rings is 1. The van der Waals surface area contributed by atoms with Crippen molar-refractivity contribution in [2.24, 2.45) is 0 Å². The van der Waals surface area contributed by atoms with Crippen LogP contribution in [0.2, 0.25) is 0 Å². The average molecular weight is 220 g/mol. The molecule has 7 nitrogen and oxygen atoms in total. The Balaban J connectivity index is 2.79. The van der Waals surface area contributed by atoms with Crippen molar-refractivity contribution in [1.82, 2.24) is 0 Å². The third-order valence-electron chi connectivity index (χ3n) is 1.28. The van der Waals surface area contributed by atoms with Gasteiger partial charge in [0.2, 0.25) is 0 Å². The third-order valence-corrected chi connectivity index (χ3v) is 1.73. The zero-order chi connectivity index (χ0) is 10.8. The first-order valence-electron chi connectivity index (χ1n) is 3.40. The zero-order valence-electron chi connectivity index (χ0n) is 6.77. The number of nitro benzene ring substituents is 1. The normalized spacial score (nSPS) is 11.1. The van der Waals surface area contributed by atoms with E-state index in [4.69, 9.17) is 14.7 Å². The lowest BCUT2D eigenvalue weighted by Crippen LogP contribution is -1.97. The molecule has 3 N–H and O–H groups in total. The smallest absolute Gasteiger partial charge is 0.261 e. The summed E-state index contributed by atoms with van der Waals surface area (Å²) >= 11 is 0. The molecule has 1 aromatic rings. The van der Waals surface area contributed by atoms with Crippen molar-refractivity contribution in [3.8, 4) is 5.75 Å². The van der Waals surface area contributed by atoms with Crippen LogP contribution in [0.15, 0.2) is 24.3 Å². The fourth-order valence-electron chi connectivity index (χ4n) is 0.770. The summed E-state index contributed by atoms with van der Waals surface area (Å²) in [7, 11) is -4.35. The fourth-order valence-corrected chi connectivity index (χ4v) is 1.17. The maximum absolute atomic E-state index is 10.2. The van der Waals surface area contributed by atoms with Gasteiger partial charge in [0.25, 0.3) is 5.69 Å². The Hall–Kier alpha value is -1.27. The maximum Gasteiger partial charge on any atom is 0.613 e. The number of nitrogens with zero attached hydrogens (tertiary/aromatic N) is 1. The van der Waals surface area contributed by atoms with Gasteiger partial charge in [-0.3, -0.25) is 14.6 Å². The summed E-state index contributed by atoms with van der Waals surface area (Å²) in [5.74, 6) is -0.0589. The minimum Gasteiger partial charge on any atom is -0.261 e. The van der Waals surface area contributed by atoms with Crippen molar-refractivity contribution in [3.05, 3.63) is 34.4 Å². The van der Waals surface area contributed by atoms with E-state index >= 15 is 0 Å². The fraction of sp³-hybridized carbons (Fsp3) is 0. The second kappa shape index (κ2) is 3.85. The summed E-state index contributed by atoms with van der Waals surface area (Å²) in [4.78, 5) is 35.2. The Kier molecular flexibility index (Phi) is 2.97. The van der Waals surface area contributed by atoms with E-state index in [9.17, 15) is 10.1 Å². The summed E-state index contributed by atoms with van der Waals surface area (Å²) in [5.41, 5.74) is -0.157. The molecule has 0 saturated heterocycles. The lowest BCUT2D eigenvalue weighted by molar-refractivity contribution is -0.384. The molecular weight excluding hydrogens is 213 g/mol. The summed E-state index contributed by atoms with van der Waals surface area (Å²) in [5, 5.41) is 10.2. The van der Waals surface area contributed by atoms with Gasteiger partial charge in [0.1, 0.15) is 0 Å². The summed E-state index contributed by atoms with van der Waals surface area (Å²) in [6.45, 7) is 0. The molecular formula is C6H7NO6P+. The lowest BCUT2D eigenvalue weighted by atomic mass is 10.3. The van der Waals surface area contributed by atoms with Crippen LogP contribution in [0, 0.1) is 10.1 Å². The molecule has 0 heterocycles. The van der Waals surface area contributed by atoms with Crippen molar-refractivity contribution in [2.45, 2.75) is 0 Å². The van der Waals surface area contributed by atoms with E-state index in [1.165, 1.54) is 0 Å². The molecule has 0 radical (unpaired) electrons. The highest BCUT2D eigenvalue weighted by Gasteiger charge is 2.34. The van der Waals surface area contributed by atoms with E-state index in [1.807, 2.05) is 0 Å². The topological polar surface area (TPSA) is 113 Å². The van der Waals surface area contributed by atoms with Crippen LogP contribution in [0.3, 0.4) is 0 Å². The molecule has 0 aliphatic rings. The van der Waals surface area contributed by atoms with Crippen LogP contribution in [0.25, 0.3) is 0 Å². The molecule has 0 fully saturated rings. The second-order valence-corrected chi connectivity index (χ2v) is 3.56. The Morgan fingerprint density at radius 1 is 1.21 bits per heavy atom. The van der Waals surface area contributed by atoms with Crippen molar-refractivity contribution in [1.29, 1.82) is 0 Å². The SMILES string of the molecule is O=[N+]([O-])c1ccc(O[P+](O)(O)O)cc1. The predicted molar refractivity (Wildman–Crippen MR) is 47.3 cm³/mol. The highest BCUT2D eigenvalue weighted by molar-refractivity contribution is 7.53. The standard InChI is InChI=1S/C6H7NO6P/c8-7(9)5-1-3-6(4-2-5)13-14(10,11)12/h1-4,10-12H/q+1. The monoisotopic (exact) mass is 220 g/mol. The van der Waals surface area contributed by atoms with Gasteiger partial charge in [0.05, 0.1) is 4.92 Å². The number of hydrogen-bond donors (Lipinski definition) is 3. The third kappa shape index (κ3) is 3.23. The molecule has 0 amide bonds. The van der Waals surface area contributed by atoms with Gasteiger partial charge in [0.15, 0.2) is 5.75 Å². The van der Waals surface area contributed by atoms with Gasteiger partial charge in [-0.05, 0) is 12.1 Å². The van der Waals surface area contributed by atoms with Crippen LogP contribution in [-0.4, -0.2) is 19.6 Å². The largest absolute Gasteiger partial charge is 0.613 e. The van der Waals surface area contributed by atoms with Crippen molar-refractivity contribution < 1.29 is 24.1 Å². The van der Waals surface area contributed by atoms with E-state index in [2.05, 4.69) is 4.52 Å². The molecule has 0 unspecified atom stereocenters. The quantitative estimate of drug-likeness (QED) is 0.391. The number of rotatable bonds is 3. The Labute approximate surface area is 79.0 Å². The minimum atomic E-state index is -4.35. The molecule has 1 aromatic carbocycles. The first kappa shape index (κ1) is 10.8. The van der Waals surface area contributed by atoms with E-state index in [1.54, 1.807) is 0 Å². The van der Waals surface area contributed by atoms with Crippen molar-refractivity contribution in [3.63, 3.8) is 0 Å². The maximum atomic E-state index is 10.2. The van der Waals surface area contributed by atoms with Crippen LogP contribution in [0.4, 0.5) is 5.69 Å². The minimum absolute atomic E-state index is 0.0589. The number of nitro groups is 1. The van der Waals surface area contributed by atoms with Gasteiger partial charge in [-0.15, -0.1) is 0 Å². The van der Waals surface area contributed by atoms with Gasteiger partial charge >= 0.3 is 8.17 Å². The van der Waals surface area contributed by atoms with Crippen LogP contribution in [0.5, 0.6) is 5.75 Å². The van der Waals surface area contributed by atoms with Crippen molar-refractivity contribution >= 4 is 13.9 Å². The highest BCUT2D eigenvalue weighted by Crippen LogP contribution is 2.46. The second-order valence-electron chi connectivity index (χ2n) is 2.36. The molecule has 0 aliphatic carbocycles. The van der Waals surface area contributed by atoms with E-state index < -0.39 is 13.1 Å². The van der Waals surface area contributed by atoms with E-state index in [-0.39, 0.29) is 11.4 Å². The Bertz CT molecular complexity index is 331. The molecule has 8 heteroatoms. The highest BCUT2D eigenvalue weighted by atomic mass is 31.2. The van der Waals surface area contributed by atoms with Gasteiger partial charge in [-0.25, -0.2) is 0 Å². The van der Waals surface area contributed by atoms with Crippen molar-refractivity contribution in [2.75, 3.05) is 0 Å². The van der Waals surface area contributed by atoms with Crippen LogP contribution in [-0.2, 0) is 0 Å². The van der Waals surface area contributed by atoms with Gasteiger partial charge in [-0.1, -0.05) is 0 Å². The summed E-state index contributed by atoms with van der Waals surface area (Å²) in [6, 6.07) is 4.53. The molecule has 14 heavy (non-hydrogen) atoms. The Morgan fingerprint density at radius 2 is 1.71 bits per heavy atom. The molecule has 0 bridgehead atoms. The molecule has 0 aromatic heterocycles. The van der Waals surface area contributed by atoms with Crippen LogP contribution >= 0.6 is 8.17 Å². The van der Waals surface area contributed by atoms with Gasteiger partial charge in [0, 0.05) is 12.1 Å². The summed E-state index contributed by atoms with van der Waals surface area (Å²) < 4.78 is 4.29. The van der Waals surface area contributed by atoms with E-state index in [0.717, 1.165) is 24.3 Å². The molecule has 0 spiro atoms. The van der Waals surface area contributed by atoms with Gasteiger partial charge in [-0.2, -0.15) is 14.7 Å². The first-order valence-corrected chi connectivity index (χ1v) is 4.96. The molecule has 0 atom stereocenters. The number of hydrogen-bond acceptors (Lipinski definition) is 6. The zero-order valence-corrected chi connectivity index (χ0v) is 7.66. The molecule has 0 saturated carbocycles.